The molecule has 67 heavy (non-hydrogen) atoms. The van der Waals surface area contributed by atoms with Gasteiger partial charge >= 0.3 is 35.4 Å². The molecule has 1 fully saturated rings. The number of unbranched alkanes of at least 4 members (excludes halogenated alkanes) is 16. The molecule has 1 aliphatic carbocycles. The van der Waals surface area contributed by atoms with Crippen LogP contribution in [0.4, 0.5) is 0 Å². The van der Waals surface area contributed by atoms with Crippen LogP contribution >= 0.6 is 23.5 Å². The number of aliphatic hydroxyl groups excluding tert-OH is 3. The van der Waals surface area contributed by atoms with Gasteiger partial charge in [0.05, 0.1) is 6.61 Å². The number of hydrogen-bond acceptors (Lipinski definition) is 14. The van der Waals surface area contributed by atoms with E-state index in [2.05, 4.69) is 71.5 Å². The highest BCUT2D eigenvalue weighted by Crippen LogP contribution is 2.51. The molecule has 0 spiro atoms. The number of rotatable bonds is 40. The lowest BCUT2D eigenvalue weighted by molar-refractivity contribution is -0.213. The summed E-state index contributed by atoms with van der Waals surface area (Å²) in [6.07, 6.45) is 22.7. The van der Waals surface area contributed by atoms with Crippen molar-refractivity contribution in [3.8, 4) is 0 Å². The van der Waals surface area contributed by atoms with Crippen molar-refractivity contribution >= 4 is 35.4 Å². The van der Waals surface area contributed by atoms with Gasteiger partial charge in [-0.3, -0.25) is 27.7 Å². The summed E-state index contributed by atoms with van der Waals surface area (Å²) in [5.41, 5.74) is 0. The summed E-state index contributed by atoms with van der Waals surface area (Å²) in [4.78, 5) is 73.2. The van der Waals surface area contributed by atoms with E-state index in [-0.39, 0.29) is 12.8 Å². The molecule has 1 saturated carbocycles. The number of hydrogen-bond donors (Lipinski definition) is 8. The molecule has 1 aliphatic rings. The molecule has 1 rings (SSSR count). The van der Waals surface area contributed by atoms with E-state index in [1.165, 1.54) is 38.5 Å². The lowest BCUT2D eigenvalue weighted by Gasteiger charge is -2.44. The molecule has 390 valence electrons. The fraction of sp³-hybridized carbons (Fsp3) is 0.778. The Hall–Kier alpha value is -1.89. The first-order valence-electron chi connectivity index (χ1n) is 23.9. The highest BCUT2D eigenvalue weighted by atomic mass is 31.2. The molecule has 8 unspecified atom stereocenters. The summed E-state index contributed by atoms with van der Waals surface area (Å²) in [7, 11) is -16.6. The highest BCUT2D eigenvalue weighted by molar-refractivity contribution is 7.47. The molecule has 0 aliphatic heterocycles. The summed E-state index contributed by atoms with van der Waals surface area (Å²) in [6, 6.07) is 0. The molecule has 19 nitrogen and oxygen atoms in total. The number of carbonyl (C=O) groups is 2. The smallest absolute Gasteiger partial charge is 0.462 e. The second kappa shape index (κ2) is 37.0. The Kier molecular flexibility index (Phi) is 34.8. The molecular formula is C45H81O19P3. The third-order valence-electron chi connectivity index (χ3n) is 10.6. The van der Waals surface area contributed by atoms with Crippen LogP contribution in [0.1, 0.15) is 168 Å². The molecular weight excluding hydrogens is 937 g/mol. The van der Waals surface area contributed by atoms with Gasteiger partial charge in [-0.25, -0.2) is 13.7 Å². The van der Waals surface area contributed by atoms with Crippen molar-refractivity contribution in [2.45, 2.75) is 211 Å². The van der Waals surface area contributed by atoms with Gasteiger partial charge in [-0.2, -0.15) is 0 Å². The van der Waals surface area contributed by atoms with Gasteiger partial charge in [0.25, 0.3) is 0 Å². The largest absolute Gasteiger partial charge is 0.472 e. The van der Waals surface area contributed by atoms with Gasteiger partial charge in [-0.1, -0.05) is 133 Å². The zero-order valence-corrected chi connectivity index (χ0v) is 42.1. The average molecular weight is 1020 g/mol. The monoisotopic (exact) mass is 1020 g/mol. The maximum atomic E-state index is 13.1. The Balaban J connectivity index is 2.75. The number of ether oxygens (including phenoxy) is 2. The highest BCUT2D eigenvalue weighted by Gasteiger charge is 2.56. The van der Waals surface area contributed by atoms with E-state index in [0.717, 1.165) is 89.9 Å². The van der Waals surface area contributed by atoms with E-state index < -0.39 is 91.3 Å². The Labute approximate surface area is 397 Å². The Morgan fingerprint density at radius 3 is 1.42 bits per heavy atom. The summed E-state index contributed by atoms with van der Waals surface area (Å²) >= 11 is 0. The molecule has 8 N–H and O–H groups in total. The molecule has 0 bridgehead atoms. The van der Waals surface area contributed by atoms with Crippen molar-refractivity contribution < 1.29 is 90.6 Å². The average Bonchev–Trinajstić information content (AvgIpc) is 3.25. The predicted octanol–water partition coefficient (Wildman–Crippen LogP) is 8.62. The van der Waals surface area contributed by atoms with Crippen LogP contribution in [0.5, 0.6) is 0 Å². The fourth-order valence-corrected chi connectivity index (χ4v) is 9.16. The van der Waals surface area contributed by atoms with E-state index in [1.54, 1.807) is 0 Å². The second-order valence-electron chi connectivity index (χ2n) is 16.7. The molecule has 0 saturated heterocycles. The molecule has 22 heteroatoms. The Morgan fingerprint density at radius 1 is 0.493 bits per heavy atom. The quantitative estimate of drug-likeness (QED) is 0.0123. The first-order chi connectivity index (χ1) is 31.8. The lowest BCUT2D eigenvalue weighted by Crippen LogP contribution is -2.65. The van der Waals surface area contributed by atoms with Gasteiger partial charge in [-0.05, 0) is 70.6 Å². The van der Waals surface area contributed by atoms with Gasteiger partial charge in [0.15, 0.2) is 6.10 Å². The standard InChI is InChI=1S/C45H81O19P3/c1-3-5-7-9-11-13-15-17-19-21-23-25-27-29-31-33-38(46)59-35-37(61-39(47)34-32-30-28-26-24-22-20-18-16-14-12-10-8-6-4-2)36-60-67(57,58)64-43-40(48)41(49)44(62-65(51,52)53)45(42(43)50)63-66(54,55)56/h6,8,12,14,17-20,37,40-45,48-50H,3-5,7,9-11,13,15-16,21-36H2,1-2H3,(H,57,58)(H2,51,52,53)(H2,54,55,56). The van der Waals surface area contributed by atoms with Crippen LogP contribution in [0, 0.1) is 0 Å². The van der Waals surface area contributed by atoms with Crippen LogP contribution in [0.25, 0.3) is 0 Å². The van der Waals surface area contributed by atoms with E-state index in [4.69, 9.17) is 18.5 Å². The third kappa shape index (κ3) is 33.4. The second-order valence-corrected chi connectivity index (χ2v) is 20.4. The molecule has 8 atom stereocenters. The summed E-state index contributed by atoms with van der Waals surface area (Å²) < 4.78 is 65.4. The fourth-order valence-electron chi connectivity index (χ4n) is 7.06. The van der Waals surface area contributed by atoms with Gasteiger partial charge in [0.1, 0.15) is 43.2 Å². The molecule has 0 aromatic rings. The normalized spacial score (nSPS) is 22.0. The maximum Gasteiger partial charge on any atom is 0.472 e. The number of allylic oxidation sites excluding steroid dienone is 8. The molecule has 0 heterocycles. The van der Waals surface area contributed by atoms with Crippen molar-refractivity contribution in [3.05, 3.63) is 48.6 Å². The topological polar surface area (TPSA) is 303 Å². The molecule has 0 aromatic carbocycles. The lowest BCUT2D eigenvalue weighted by atomic mass is 9.85. The minimum Gasteiger partial charge on any atom is -0.462 e. The number of esters is 2. The van der Waals surface area contributed by atoms with Gasteiger partial charge < -0.3 is 49.3 Å². The summed E-state index contributed by atoms with van der Waals surface area (Å²) in [5, 5.41) is 31.9. The SMILES string of the molecule is CCC=CCC=CCC=CCCCCCCCC(=O)OC(COC(=O)CCCCCCCC=CCCCCCCCC)COP(=O)(O)OC1C(O)C(O)C(OP(=O)(O)O)C(OP(=O)(O)O)C1O. The van der Waals surface area contributed by atoms with Crippen molar-refractivity contribution in [2.75, 3.05) is 13.2 Å². The van der Waals surface area contributed by atoms with Crippen LogP contribution in [0.3, 0.4) is 0 Å². The predicted molar refractivity (Wildman–Crippen MR) is 252 cm³/mol. The van der Waals surface area contributed by atoms with E-state index in [1.807, 2.05) is 0 Å². The minimum atomic E-state index is -5.60. The first-order valence-corrected chi connectivity index (χ1v) is 28.5. The molecule has 0 aromatic heterocycles. The summed E-state index contributed by atoms with van der Waals surface area (Å²) in [6.45, 7) is 2.80. The van der Waals surface area contributed by atoms with Crippen molar-refractivity contribution in [2.24, 2.45) is 0 Å². The number of carbonyl (C=O) groups excluding carboxylic acids is 2. The Morgan fingerprint density at radius 2 is 0.910 bits per heavy atom. The van der Waals surface area contributed by atoms with Crippen molar-refractivity contribution in [1.82, 2.24) is 0 Å². The Bertz CT molecular complexity index is 1590. The van der Waals surface area contributed by atoms with Crippen LogP contribution in [-0.4, -0.2) is 108 Å². The van der Waals surface area contributed by atoms with Crippen LogP contribution in [0.2, 0.25) is 0 Å². The van der Waals surface area contributed by atoms with Crippen molar-refractivity contribution in [1.29, 1.82) is 0 Å². The maximum absolute atomic E-state index is 13.1. The third-order valence-corrected chi connectivity index (χ3v) is 12.6. The zero-order valence-electron chi connectivity index (χ0n) is 39.5. The number of phosphoric ester groups is 3. The van der Waals surface area contributed by atoms with E-state index >= 15 is 0 Å². The minimum absolute atomic E-state index is 0.0243. The number of aliphatic hydroxyl groups is 3. The zero-order chi connectivity index (χ0) is 50.0. The van der Waals surface area contributed by atoms with Gasteiger partial charge in [0.2, 0.25) is 0 Å². The van der Waals surface area contributed by atoms with Crippen LogP contribution in [-0.2, 0) is 50.9 Å². The van der Waals surface area contributed by atoms with E-state index in [9.17, 15) is 63.1 Å². The van der Waals surface area contributed by atoms with Crippen LogP contribution < -0.4 is 0 Å². The van der Waals surface area contributed by atoms with E-state index in [0.29, 0.717) is 12.8 Å². The number of phosphoric acid groups is 3. The summed E-state index contributed by atoms with van der Waals surface area (Å²) in [5.74, 6) is -1.33. The van der Waals surface area contributed by atoms with Crippen molar-refractivity contribution in [3.63, 3.8) is 0 Å². The molecule has 0 radical (unpaired) electrons. The molecule has 0 amide bonds. The van der Waals surface area contributed by atoms with Gasteiger partial charge in [-0.15, -0.1) is 0 Å². The van der Waals surface area contributed by atoms with Crippen LogP contribution in [0.15, 0.2) is 48.6 Å². The first kappa shape index (κ1) is 63.1. The van der Waals surface area contributed by atoms with Gasteiger partial charge in [0, 0.05) is 12.8 Å².